The Labute approximate surface area is 105 Å². The summed E-state index contributed by atoms with van der Waals surface area (Å²) in [5.41, 5.74) is 2.62. The zero-order valence-electron chi connectivity index (χ0n) is 9.75. The molecule has 3 rings (SSSR count). The molecule has 0 saturated carbocycles. The Morgan fingerprint density at radius 2 is 1.33 bits per heavy atom. The summed E-state index contributed by atoms with van der Waals surface area (Å²) in [6, 6.07) is 21.9. The number of rotatable bonds is 1. The van der Waals surface area contributed by atoms with Gasteiger partial charge in [-0.05, 0) is 22.4 Å². The minimum absolute atomic E-state index is 0.592. The Hall–Kier alpha value is -2.66. The van der Waals surface area contributed by atoms with Crippen LogP contribution in [0.1, 0.15) is 0 Å². The maximum atomic E-state index is 9.08. The summed E-state index contributed by atoms with van der Waals surface area (Å²) in [6.07, 6.45) is 0. The third kappa shape index (κ3) is 1.63. The molecule has 0 atom stereocenters. The minimum Gasteiger partial charge on any atom is -0.0616 e. The van der Waals surface area contributed by atoms with Gasteiger partial charge in [-0.3, -0.25) is 0 Å². The molecule has 3 aromatic rings. The van der Waals surface area contributed by atoms with Crippen molar-refractivity contribution >= 4 is 16.5 Å². The van der Waals surface area contributed by atoms with E-state index in [4.69, 9.17) is 5.39 Å². The maximum absolute atomic E-state index is 9.08. The molecule has 0 fully saturated rings. The molecule has 0 bridgehead atoms. The van der Waals surface area contributed by atoms with Crippen LogP contribution in [0, 0.1) is 5.39 Å². The Morgan fingerprint density at radius 1 is 0.667 bits per heavy atom. The highest BCUT2D eigenvalue weighted by molar-refractivity contribution is 5.99. The molecule has 2 heteroatoms. The van der Waals surface area contributed by atoms with Gasteiger partial charge in [0, 0.05) is 6.07 Å². The minimum atomic E-state index is 0.592. The highest BCUT2D eigenvalue weighted by atomic mass is 14.8. The third-order valence-corrected chi connectivity index (χ3v) is 3.09. The van der Waals surface area contributed by atoms with Crippen LogP contribution in [0.3, 0.4) is 0 Å². The van der Waals surface area contributed by atoms with Crippen LogP contribution < -0.4 is 0 Å². The summed E-state index contributed by atoms with van der Waals surface area (Å²) in [5, 5.41) is 11.4. The van der Waals surface area contributed by atoms with Crippen LogP contribution in [0.2, 0.25) is 0 Å². The fourth-order valence-corrected chi connectivity index (χ4v) is 2.25. The van der Waals surface area contributed by atoms with Crippen molar-refractivity contribution in [3.05, 3.63) is 71.7 Å². The average Bonchev–Trinajstić information content (AvgIpc) is 2.46. The van der Waals surface area contributed by atoms with E-state index in [0.29, 0.717) is 5.69 Å². The monoisotopic (exact) mass is 231 g/mol. The lowest BCUT2D eigenvalue weighted by Gasteiger charge is -2.04. The highest BCUT2D eigenvalue weighted by Crippen LogP contribution is 2.34. The third-order valence-electron chi connectivity index (χ3n) is 3.09. The summed E-state index contributed by atoms with van der Waals surface area (Å²) in [5.74, 6) is 0. The fraction of sp³-hybridized carbons (Fsp3) is 0. The van der Waals surface area contributed by atoms with Crippen molar-refractivity contribution in [2.24, 2.45) is 0 Å². The number of hydrogen-bond donors (Lipinski definition) is 0. The predicted octanol–water partition coefficient (Wildman–Crippen LogP) is 4.99. The zero-order chi connectivity index (χ0) is 12.4. The Balaban J connectivity index is 2.36. The second-order valence-electron chi connectivity index (χ2n) is 4.14. The molecule has 0 aliphatic heterocycles. The Kier molecular flexibility index (Phi) is 2.51. The van der Waals surface area contributed by atoms with E-state index >= 15 is 0 Å². The number of fused-ring (bicyclic) bond motifs is 1. The van der Waals surface area contributed by atoms with Gasteiger partial charge < -0.3 is 0 Å². The van der Waals surface area contributed by atoms with Gasteiger partial charge in [-0.25, -0.2) is 0 Å². The van der Waals surface area contributed by atoms with Gasteiger partial charge in [0.25, 0.3) is 0 Å². The Morgan fingerprint density at radius 3 is 2.22 bits per heavy atom. The van der Waals surface area contributed by atoms with E-state index in [-0.39, 0.29) is 0 Å². The largest absolute Gasteiger partial charge is 0.392 e. The molecule has 0 aliphatic rings. The molecule has 18 heavy (non-hydrogen) atoms. The average molecular weight is 231 g/mol. The van der Waals surface area contributed by atoms with Crippen molar-refractivity contribution in [3.8, 4) is 11.1 Å². The van der Waals surface area contributed by atoms with E-state index in [9.17, 15) is 0 Å². The van der Waals surface area contributed by atoms with E-state index in [1.165, 1.54) is 5.39 Å². The smallest absolute Gasteiger partial charge is 0.0616 e. The molecular formula is C16H11N2+. The van der Waals surface area contributed by atoms with E-state index < -0.39 is 0 Å². The van der Waals surface area contributed by atoms with Crippen molar-refractivity contribution in [2.45, 2.75) is 0 Å². The van der Waals surface area contributed by atoms with Gasteiger partial charge >= 0.3 is 5.69 Å². The van der Waals surface area contributed by atoms with Gasteiger partial charge in [-0.2, -0.15) is 0 Å². The van der Waals surface area contributed by atoms with Crippen LogP contribution in [0.5, 0.6) is 0 Å². The van der Waals surface area contributed by atoms with Gasteiger partial charge in [0.2, 0.25) is 5.39 Å². The standard InChI is InChI=1S/C16H11N2/c17-18-16-11-4-3-9-15(16)14-10-5-7-12-6-1-2-8-13(12)14/h1-11H/q+1. The van der Waals surface area contributed by atoms with Crippen molar-refractivity contribution in [2.75, 3.05) is 0 Å². The first-order valence-electron chi connectivity index (χ1n) is 5.82. The molecule has 2 nitrogen and oxygen atoms in total. The lowest BCUT2D eigenvalue weighted by atomic mass is 9.97. The zero-order valence-corrected chi connectivity index (χ0v) is 9.75. The first-order valence-corrected chi connectivity index (χ1v) is 5.82. The summed E-state index contributed by atoms with van der Waals surface area (Å²) in [6.45, 7) is 0. The highest BCUT2D eigenvalue weighted by Gasteiger charge is 2.15. The molecule has 0 heterocycles. The van der Waals surface area contributed by atoms with E-state index in [0.717, 1.165) is 16.5 Å². The number of benzene rings is 3. The fourth-order valence-electron chi connectivity index (χ4n) is 2.25. The molecule has 0 N–H and O–H groups in total. The van der Waals surface area contributed by atoms with Crippen LogP contribution in [0.4, 0.5) is 5.69 Å². The molecular weight excluding hydrogens is 220 g/mol. The summed E-state index contributed by atoms with van der Waals surface area (Å²) >= 11 is 0. The van der Waals surface area contributed by atoms with Crippen LogP contribution in [0.25, 0.3) is 26.9 Å². The molecule has 0 radical (unpaired) electrons. The topological polar surface area (TPSA) is 28.1 Å². The van der Waals surface area contributed by atoms with Gasteiger partial charge in [0.05, 0.1) is 5.56 Å². The van der Waals surface area contributed by atoms with Crippen molar-refractivity contribution in [3.63, 3.8) is 0 Å². The summed E-state index contributed by atoms with van der Waals surface area (Å²) in [7, 11) is 0. The molecule has 3 aromatic carbocycles. The second kappa shape index (κ2) is 4.31. The lowest BCUT2D eigenvalue weighted by Crippen LogP contribution is -1.81. The quantitative estimate of drug-likeness (QED) is 0.542. The lowest BCUT2D eigenvalue weighted by molar-refractivity contribution is 1.46. The van der Waals surface area contributed by atoms with Crippen LogP contribution in [-0.4, -0.2) is 0 Å². The molecule has 0 unspecified atom stereocenters. The molecule has 0 saturated heterocycles. The van der Waals surface area contributed by atoms with Gasteiger partial charge in [0.15, 0.2) is 4.98 Å². The van der Waals surface area contributed by atoms with E-state index in [1.54, 1.807) is 6.07 Å². The van der Waals surface area contributed by atoms with Gasteiger partial charge in [-0.15, -0.1) is 0 Å². The van der Waals surface area contributed by atoms with E-state index in [1.807, 2.05) is 42.5 Å². The number of hydrogen-bond acceptors (Lipinski definition) is 1. The Bertz CT molecular complexity index is 749. The van der Waals surface area contributed by atoms with Crippen molar-refractivity contribution in [1.29, 1.82) is 5.39 Å². The van der Waals surface area contributed by atoms with Crippen molar-refractivity contribution < 1.29 is 0 Å². The van der Waals surface area contributed by atoms with Crippen LogP contribution in [-0.2, 0) is 0 Å². The molecule has 84 valence electrons. The predicted molar refractivity (Wildman–Crippen MR) is 74.1 cm³/mol. The molecule has 0 aromatic heterocycles. The first-order chi connectivity index (χ1) is 8.90. The van der Waals surface area contributed by atoms with Crippen LogP contribution in [0.15, 0.2) is 66.7 Å². The van der Waals surface area contributed by atoms with Crippen molar-refractivity contribution in [1.82, 2.24) is 0 Å². The van der Waals surface area contributed by atoms with Crippen LogP contribution >= 0.6 is 0 Å². The first kappa shape index (κ1) is 10.5. The SMILES string of the molecule is N#[N+]c1ccccc1-c1cccc2ccccc12. The maximum Gasteiger partial charge on any atom is 0.392 e. The summed E-state index contributed by atoms with van der Waals surface area (Å²) < 4.78 is 0. The molecule has 0 aliphatic carbocycles. The van der Waals surface area contributed by atoms with E-state index in [2.05, 4.69) is 23.2 Å². The number of diazo groups is 1. The molecule has 0 spiro atoms. The summed E-state index contributed by atoms with van der Waals surface area (Å²) in [4.78, 5) is 3.35. The normalized spacial score (nSPS) is 10.2. The number of nitrogens with zero attached hydrogens (tertiary/aromatic N) is 2. The van der Waals surface area contributed by atoms with Gasteiger partial charge in [0.1, 0.15) is 0 Å². The second-order valence-corrected chi connectivity index (χ2v) is 4.14. The van der Waals surface area contributed by atoms with Gasteiger partial charge in [-0.1, -0.05) is 54.6 Å². The molecule has 0 amide bonds.